The normalized spacial score (nSPS) is 10.7. The van der Waals surface area contributed by atoms with Gasteiger partial charge in [-0.05, 0) is 18.2 Å². The van der Waals surface area contributed by atoms with Crippen LogP contribution in [0.5, 0.6) is 11.5 Å². The van der Waals surface area contributed by atoms with Gasteiger partial charge in [-0.25, -0.2) is 0 Å². The predicted octanol–water partition coefficient (Wildman–Crippen LogP) is 2.76. The van der Waals surface area contributed by atoms with E-state index in [0.717, 1.165) is 0 Å². The second kappa shape index (κ2) is 5.18. The third-order valence-corrected chi connectivity index (χ3v) is 2.45. The van der Waals surface area contributed by atoms with E-state index >= 15 is 0 Å². The molecule has 0 radical (unpaired) electrons. The van der Waals surface area contributed by atoms with Gasteiger partial charge >= 0.3 is 0 Å². The van der Waals surface area contributed by atoms with Crippen LogP contribution in [0.25, 0.3) is 0 Å². The largest absolute Gasteiger partial charge is 0.507 e. The zero-order valence-corrected chi connectivity index (χ0v) is 9.72. The van der Waals surface area contributed by atoms with E-state index in [4.69, 9.17) is 0 Å². The van der Waals surface area contributed by atoms with Gasteiger partial charge in [0.15, 0.2) is 0 Å². The van der Waals surface area contributed by atoms with Crippen molar-refractivity contribution in [2.45, 2.75) is 0 Å². The Morgan fingerprint density at radius 2 is 1.84 bits per heavy atom. The monoisotopic (exact) mass is 258 g/mol. The first kappa shape index (κ1) is 12.6. The molecule has 0 fully saturated rings. The molecule has 0 bridgehead atoms. The number of para-hydroxylation sites is 2. The Labute approximate surface area is 108 Å². The molecule has 2 aromatic rings. The Hall–Kier alpha value is -2.89. The lowest BCUT2D eigenvalue weighted by Crippen LogP contribution is -1.90. The maximum Gasteiger partial charge on any atom is 0.270 e. The van der Waals surface area contributed by atoms with Gasteiger partial charge in [0.1, 0.15) is 17.2 Å². The van der Waals surface area contributed by atoms with Crippen molar-refractivity contribution in [3.63, 3.8) is 0 Å². The fraction of sp³-hybridized carbons (Fsp3) is 0. The van der Waals surface area contributed by atoms with Crippen LogP contribution < -0.4 is 0 Å². The van der Waals surface area contributed by atoms with Gasteiger partial charge in [0.2, 0.25) is 0 Å². The van der Waals surface area contributed by atoms with E-state index in [0.29, 0.717) is 5.69 Å². The van der Waals surface area contributed by atoms with Crippen LogP contribution in [-0.4, -0.2) is 21.4 Å². The van der Waals surface area contributed by atoms with Crippen molar-refractivity contribution >= 4 is 17.6 Å². The maximum absolute atomic E-state index is 10.6. The molecule has 6 heteroatoms. The highest BCUT2D eigenvalue weighted by Crippen LogP contribution is 2.26. The minimum absolute atomic E-state index is 0.0105. The van der Waals surface area contributed by atoms with Crippen LogP contribution in [-0.2, 0) is 0 Å². The topological polar surface area (TPSA) is 96.0 Å². The number of benzene rings is 2. The van der Waals surface area contributed by atoms with E-state index in [1.54, 1.807) is 18.2 Å². The van der Waals surface area contributed by atoms with Crippen LogP contribution in [0.2, 0.25) is 0 Å². The molecule has 2 aromatic carbocycles. The van der Waals surface area contributed by atoms with E-state index in [1.165, 1.54) is 30.5 Å². The average Bonchev–Trinajstić information content (AvgIpc) is 2.39. The highest BCUT2D eigenvalue weighted by molar-refractivity contribution is 5.86. The van der Waals surface area contributed by atoms with Crippen LogP contribution in [0, 0.1) is 10.1 Å². The summed E-state index contributed by atoms with van der Waals surface area (Å²) in [6.45, 7) is 0. The lowest BCUT2D eigenvalue weighted by atomic mass is 10.2. The summed E-state index contributed by atoms with van der Waals surface area (Å²) in [4.78, 5) is 14.1. The number of phenolic OH excluding ortho intramolecular Hbond substituents is 2. The molecule has 0 saturated heterocycles. The Balaban J connectivity index is 2.35. The number of aromatic hydroxyl groups is 2. The molecule has 96 valence electrons. The molecule has 0 unspecified atom stereocenters. The number of nitro groups is 1. The van der Waals surface area contributed by atoms with Crippen molar-refractivity contribution in [2.75, 3.05) is 0 Å². The number of nitrogens with zero attached hydrogens (tertiary/aromatic N) is 2. The first-order valence-corrected chi connectivity index (χ1v) is 5.37. The maximum atomic E-state index is 10.6. The second-order valence-electron chi connectivity index (χ2n) is 3.75. The van der Waals surface area contributed by atoms with E-state index < -0.39 is 4.92 Å². The molecule has 2 N–H and O–H groups in total. The van der Waals surface area contributed by atoms with Crippen molar-refractivity contribution in [1.29, 1.82) is 0 Å². The number of aliphatic imine (C=N–C) groups is 1. The van der Waals surface area contributed by atoms with Gasteiger partial charge in [-0.1, -0.05) is 12.1 Å². The number of phenols is 2. The van der Waals surface area contributed by atoms with Gasteiger partial charge in [0.25, 0.3) is 5.69 Å². The highest BCUT2D eigenvalue weighted by atomic mass is 16.6. The van der Waals surface area contributed by atoms with Gasteiger partial charge in [0, 0.05) is 23.9 Å². The summed E-state index contributed by atoms with van der Waals surface area (Å²) in [7, 11) is 0. The lowest BCUT2D eigenvalue weighted by Gasteiger charge is -2.00. The Kier molecular flexibility index (Phi) is 3.42. The molecule has 0 aromatic heterocycles. The molecule has 19 heavy (non-hydrogen) atoms. The van der Waals surface area contributed by atoms with Crippen molar-refractivity contribution in [2.24, 2.45) is 4.99 Å². The van der Waals surface area contributed by atoms with E-state index in [1.807, 2.05) is 0 Å². The lowest BCUT2D eigenvalue weighted by molar-refractivity contribution is -0.384. The van der Waals surface area contributed by atoms with Crippen LogP contribution in [0.15, 0.2) is 47.5 Å². The van der Waals surface area contributed by atoms with E-state index in [9.17, 15) is 20.3 Å². The van der Waals surface area contributed by atoms with Crippen LogP contribution in [0.3, 0.4) is 0 Å². The number of hydrogen-bond acceptors (Lipinski definition) is 5. The molecular weight excluding hydrogens is 248 g/mol. The molecular formula is C13H10N2O4. The molecule has 6 nitrogen and oxygen atoms in total. The molecule has 0 spiro atoms. The van der Waals surface area contributed by atoms with Crippen molar-refractivity contribution < 1.29 is 15.1 Å². The van der Waals surface area contributed by atoms with Gasteiger partial charge in [-0.3, -0.25) is 15.1 Å². The fourth-order valence-corrected chi connectivity index (χ4v) is 1.47. The number of rotatable bonds is 3. The summed E-state index contributed by atoms with van der Waals surface area (Å²) >= 11 is 0. The summed E-state index contributed by atoms with van der Waals surface area (Å²) in [5, 5.41) is 29.7. The Morgan fingerprint density at radius 1 is 1.11 bits per heavy atom. The summed E-state index contributed by atoms with van der Waals surface area (Å²) < 4.78 is 0. The highest BCUT2D eigenvalue weighted by Gasteiger charge is 2.08. The summed E-state index contributed by atoms with van der Waals surface area (Å²) in [5.74, 6) is -0.131. The molecule has 2 rings (SSSR count). The molecule has 0 amide bonds. The molecule has 0 heterocycles. The molecule has 0 aliphatic rings. The SMILES string of the molecule is O=[N+]([O-])c1ccc(O)c(/C=N/c2ccccc2O)c1. The van der Waals surface area contributed by atoms with Crippen molar-refractivity contribution in [3.8, 4) is 11.5 Å². The number of nitro benzene ring substituents is 1. The number of non-ortho nitro benzene ring substituents is 1. The predicted molar refractivity (Wildman–Crippen MR) is 70.1 cm³/mol. The summed E-state index contributed by atoms with van der Waals surface area (Å²) in [5.41, 5.74) is 0.377. The number of hydrogen-bond donors (Lipinski definition) is 2. The molecule has 0 aliphatic carbocycles. The summed E-state index contributed by atoms with van der Waals surface area (Å²) in [6.07, 6.45) is 1.26. The zero-order valence-electron chi connectivity index (χ0n) is 9.72. The van der Waals surface area contributed by atoms with Gasteiger partial charge in [-0.15, -0.1) is 0 Å². The minimum atomic E-state index is -0.559. The van der Waals surface area contributed by atoms with Crippen LogP contribution >= 0.6 is 0 Å². The molecule has 0 aliphatic heterocycles. The van der Waals surface area contributed by atoms with Crippen molar-refractivity contribution in [1.82, 2.24) is 0 Å². The van der Waals surface area contributed by atoms with Crippen LogP contribution in [0.4, 0.5) is 11.4 Å². The third-order valence-electron chi connectivity index (χ3n) is 2.45. The second-order valence-corrected chi connectivity index (χ2v) is 3.75. The first-order valence-electron chi connectivity index (χ1n) is 5.37. The third kappa shape index (κ3) is 2.86. The van der Waals surface area contributed by atoms with E-state index in [-0.39, 0.29) is 22.7 Å². The quantitative estimate of drug-likeness (QED) is 0.502. The smallest absolute Gasteiger partial charge is 0.270 e. The fourth-order valence-electron chi connectivity index (χ4n) is 1.47. The first-order chi connectivity index (χ1) is 9.08. The van der Waals surface area contributed by atoms with Gasteiger partial charge < -0.3 is 10.2 Å². The minimum Gasteiger partial charge on any atom is -0.507 e. The molecule has 0 atom stereocenters. The Bertz CT molecular complexity index is 653. The zero-order chi connectivity index (χ0) is 13.8. The molecule has 0 saturated carbocycles. The summed E-state index contributed by atoms with van der Waals surface area (Å²) in [6, 6.07) is 10.0. The van der Waals surface area contributed by atoms with Gasteiger partial charge in [0.05, 0.1) is 4.92 Å². The van der Waals surface area contributed by atoms with Gasteiger partial charge in [-0.2, -0.15) is 0 Å². The van der Waals surface area contributed by atoms with E-state index in [2.05, 4.69) is 4.99 Å². The average molecular weight is 258 g/mol. The standard InChI is InChI=1S/C13H10N2O4/c16-12-6-5-10(15(18)19)7-9(12)8-14-11-3-1-2-4-13(11)17/h1-8,16-17H/b14-8+. The Morgan fingerprint density at radius 3 is 2.53 bits per heavy atom. The van der Waals surface area contributed by atoms with Crippen LogP contribution in [0.1, 0.15) is 5.56 Å². The van der Waals surface area contributed by atoms with Crippen molar-refractivity contribution in [3.05, 3.63) is 58.1 Å².